The molecule has 1 aliphatic carbocycles. The number of nitriles is 1. The minimum atomic E-state index is -0.844. The Hall–Kier alpha value is -2.02. The molecule has 0 aliphatic heterocycles. The highest BCUT2D eigenvalue weighted by Crippen LogP contribution is 2.28. The molecular weight excluding hydrogens is 286 g/mol. The number of hydrogen-bond acceptors (Lipinski definition) is 3. The van der Waals surface area contributed by atoms with E-state index < -0.39 is 5.54 Å². The lowest BCUT2D eigenvalue weighted by Gasteiger charge is -2.29. The van der Waals surface area contributed by atoms with E-state index in [9.17, 15) is 10.1 Å². The number of aryl methyl sites for hydroxylation is 1. The summed E-state index contributed by atoms with van der Waals surface area (Å²) in [5, 5.41) is 15.6. The Bertz CT molecular complexity index is 618. The summed E-state index contributed by atoms with van der Waals surface area (Å²) >= 11 is 0. The van der Waals surface area contributed by atoms with E-state index in [4.69, 9.17) is 0 Å². The van der Waals surface area contributed by atoms with Crippen molar-refractivity contribution in [3.05, 3.63) is 29.3 Å². The van der Waals surface area contributed by atoms with Gasteiger partial charge < -0.3 is 10.6 Å². The zero-order valence-electron chi connectivity index (χ0n) is 14.6. The molecule has 1 aliphatic rings. The summed E-state index contributed by atoms with van der Waals surface area (Å²) in [6.07, 6.45) is 4.62. The van der Waals surface area contributed by atoms with Gasteiger partial charge in [0, 0.05) is 5.69 Å². The summed E-state index contributed by atoms with van der Waals surface area (Å²) in [6, 6.07) is 8.10. The first kappa shape index (κ1) is 17.3. The molecule has 0 bridgehead atoms. The fraction of sp³-hybridized carbons (Fsp3) is 0.579. The largest absolute Gasteiger partial charge is 0.374 e. The fourth-order valence-corrected chi connectivity index (χ4v) is 2.88. The molecule has 1 aromatic rings. The molecule has 2 atom stereocenters. The van der Waals surface area contributed by atoms with E-state index in [1.807, 2.05) is 32.9 Å². The van der Waals surface area contributed by atoms with Crippen molar-refractivity contribution < 1.29 is 4.79 Å². The monoisotopic (exact) mass is 313 g/mol. The number of anilines is 1. The normalized spacial score (nSPS) is 17.6. The maximum absolute atomic E-state index is 12.5. The smallest absolute Gasteiger partial charge is 0.243 e. The van der Waals surface area contributed by atoms with Gasteiger partial charge in [-0.3, -0.25) is 4.79 Å². The van der Waals surface area contributed by atoms with Crippen molar-refractivity contribution in [2.45, 2.75) is 65.0 Å². The van der Waals surface area contributed by atoms with Crippen molar-refractivity contribution in [2.24, 2.45) is 5.92 Å². The van der Waals surface area contributed by atoms with Gasteiger partial charge in [0.15, 0.2) is 0 Å². The Kier molecular flexibility index (Phi) is 5.30. The summed E-state index contributed by atoms with van der Waals surface area (Å²) < 4.78 is 0. The summed E-state index contributed by atoms with van der Waals surface area (Å²) in [6.45, 7) is 7.49. The second-order valence-corrected chi connectivity index (χ2v) is 6.97. The Morgan fingerprint density at radius 3 is 2.61 bits per heavy atom. The predicted octanol–water partition coefficient (Wildman–Crippen LogP) is 3.42. The second kappa shape index (κ2) is 7.04. The molecular formula is C19H27N3O. The van der Waals surface area contributed by atoms with E-state index >= 15 is 0 Å². The molecule has 2 rings (SSSR count). The Labute approximate surface area is 139 Å². The van der Waals surface area contributed by atoms with Gasteiger partial charge in [-0.1, -0.05) is 26.0 Å². The molecule has 124 valence electrons. The molecule has 2 N–H and O–H groups in total. The van der Waals surface area contributed by atoms with E-state index in [0.29, 0.717) is 0 Å². The van der Waals surface area contributed by atoms with Crippen LogP contribution in [-0.4, -0.2) is 17.5 Å². The maximum Gasteiger partial charge on any atom is 0.243 e. The van der Waals surface area contributed by atoms with Crippen molar-refractivity contribution >= 4 is 11.6 Å². The second-order valence-electron chi connectivity index (χ2n) is 6.97. The SMILES string of the molecule is CC(C)[C@](C)(C#N)NC(=O)[C@H](C)Nc1cccc2c1CCCC2. The lowest BCUT2D eigenvalue weighted by Crippen LogP contribution is -2.53. The number of rotatable bonds is 5. The van der Waals surface area contributed by atoms with E-state index in [1.165, 1.54) is 24.0 Å². The first-order chi connectivity index (χ1) is 10.9. The quantitative estimate of drug-likeness (QED) is 0.875. The van der Waals surface area contributed by atoms with Gasteiger partial charge in [0.2, 0.25) is 5.91 Å². The van der Waals surface area contributed by atoms with Crippen molar-refractivity contribution in [3.8, 4) is 6.07 Å². The third-order valence-corrected chi connectivity index (χ3v) is 4.93. The zero-order chi connectivity index (χ0) is 17.0. The van der Waals surface area contributed by atoms with E-state index in [0.717, 1.165) is 18.5 Å². The van der Waals surface area contributed by atoms with Crippen LogP contribution < -0.4 is 10.6 Å². The molecule has 0 heterocycles. The molecule has 1 aromatic carbocycles. The minimum absolute atomic E-state index is 0.0492. The van der Waals surface area contributed by atoms with Crippen molar-refractivity contribution in [2.75, 3.05) is 5.32 Å². The molecule has 0 fully saturated rings. The standard InChI is InChI=1S/C19H27N3O/c1-13(2)19(4,12-20)22-18(23)14(3)21-17-11-7-9-15-8-5-6-10-16(15)17/h7,9,11,13-14,21H,5-6,8,10H2,1-4H3,(H,22,23)/t14-,19-/m0/s1. The lowest BCUT2D eigenvalue weighted by molar-refractivity contribution is -0.123. The molecule has 4 heteroatoms. The fourth-order valence-electron chi connectivity index (χ4n) is 2.88. The average molecular weight is 313 g/mol. The average Bonchev–Trinajstić information content (AvgIpc) is 2.54. The van der Waals surface area contributed by atoms with Gasteiger partial charge in [0.25, 0.3) is 0 Å². The topological polar surface area (TPSA) is 64.9 Å². The summed E-state index contributed by atoms with van der Waals surface area (Å²) in [5.41, 5.74) is 2.93. The number of nitrogens with one attached hydrogen (secondary N) is 2. The Morgan fingerprint density at radius 2 is 1.96 bits per heavy atom. The number of benzene rings is 1. The highest BCUT2D eigenvalue weighted by Gasteiger charge is 2.31. The molecule has 4 nitrogen and oxygen atoms in total. The van der Waals surface area contributed by atoms with Crippen LogP contribution in [0.15, 0.2) is 18.2 Å². The van der Waals surface area contributed by atoms with Gasteiger partial charge in [0.05, 0.1) is 6.07 Å². The van der Waals surface area contributed by atoms with Crippen LogP contribution in [0.2, 0.25) is 0 Å². The minimum Gasteiger partial charge on any atom is -0.374 e. The third kappa shape index (κ3) is 3.85. The van der Waals surface area contributed by atoms with E-state index in [1.54, 1.807) is 6.92 Å². The number of carbonyl (C=O) groups excluding carboxylic acids is 1. The van der Waals surface area contributed by atoms with Gasteiger partial charge in [-0.25, -0.2) is 0 Å². The van der Waals surface area contributed by atoms with E-state index in [-0.39, 0.29) is 17.9 Å². The van der Waals surface area contributed by atoms with Crippen molar-refractivity contribution in [3.63, 3.8) is 0 Å². The van der Waals surface area contributed by atoms with Gasteiger partial charge in [0.1, 0.15) is 11.6 Å². The van der Waals surface area contributed by atoms with Crippen LogP contribution in [0, 0.1) is 17.2 Å². The predicted molar refractivity (Wildman–Crippen MR) is 93.2 cm³/mol. The number of amides is 1. The molecule has 0 saturated carbocycles. The molecule has 23 heavy (non-hydrogen) atoms. The van der Waals surface area contributed by atoms with Gasteiger partial charge in [-0.15, -0.1) is 0 Å². The van der Waals surface area contributed by atoms with Crippen LogP contribution in [0.5, 0.6) is 0 Å². The molecule has 0 spiro atoms. The summed E-state index contributed by atoms with van der Waals surface area (Å²) in [5.74, 6) is -0.0932. The number of carbonyl (C=O) groups is 1. The van der Waals surface area contributed by atoms with Crippen LogP contribution >= 0.6 is 0 Å². The number of hydrogen-bond donors (Lipinski definition) is 2. The molecule has 0 saturated heterocycles. The van der Waals surface area contributed by atoms with Crippen molar-refractivity contribution in [1.82, 2.24) is 5.32 Å². The van der Waals surface area contributed by atoms with Crippen LogP contribution in [-0.2, 0) is 17.6 Å². The maximum atomic E-state index is 12.5. The first-order valence-electron chi connectivity index (χ1n) is 8.48. The molecule has 0 radical (unpaired) electrons. The van der Waals surface area contributed by atoms with Gasteiger partial charge in [-0.2, -0.15) is 5.26 Å². The van der Waals surface area contributed by atoms with E-state index in [2.05, 4.69) is 22.8 Å². The summed E-state index contributed by atoms with van der Waals surface area (Å²) in [4.78, 5) is 12.5. The zero-order valence-corrected chi connectivity index (χ0v) is 14.6. The lowest BCUT2D eigenvalue weighted by atomic mass is 9.89. The number of nitrogens with zero attached hydrogens (tertiary/aromatic N) is 1. The van der Waals surface area contributed by atoms with Gasteiger partial charge in [-0.05, 0) is 62.6 Å². The highest BCUT2D eigenvalue weighted by atomic mass is 16.2. The van der Waals surface area contributed by atoms with Crippen molar-refractivity contribution in [1.29, 1.82) is 5.26 Å². The highest BCUT2D eigenvalue weighted by molar-refractivity contribution is 5.85. The van der Waals surface area contributed by atoms with Crippen LogP contribution in [0.3, 0.4) is 0 Å². The van der Waals surface area contributed by atoms with Crippen LogP contribution in [0.25, 0.3) is 0 Å². The van der Waals surface area contributed by atoms with Crippen LogP contribution in [0.1, 0.15) is 51.7 Å². The van der Waals surface area contributed by atoms with Gasteiger partial charge >= 0.3 is 0 Å². The molecule has 0 unspecified atom stereocenters. The summed E-state index contributed by atoms with van der Waals surface area (Å²) in [7, 11) is 0. The Morgan fingerprint density at radius 1 is 1.26 bits per heavy atom. The first-order valence-corrected chi connectivity index (χ1v) is 8.48. The third-order valence-electron chi connectivity index (χ3n) is 4.93. The number of fused-ring (bicyclic) bond motifs is 1. The van der Waals surface area contributed by atoms with Crippen LogP contribution in [0.4, 0.5) is 5.69 Å². The Balaban J connectivity index is 2.09. The molecule has 1 amide bonds. The molecule has 0 aromatic heterocycles.